The van der Waals surface area contributed by atoms with Gasteiger partial charge in [-0.3, -0.25) is 4.79 Å². The number of hydrogen-bond donors (Lipinski definition) is 2. The molecule has 3 heteroatoms. The highest BCUT2D eigenvalue weighted by molar-refractivity contribution is 6.00. The number of aliphatic hydroxyl groups is 2. The van der Waals surface area contributed by atoms with Gasteiger partial charge in [-0.05, 0) is 36.8 Å². The predicted molar refractivity (Wildman–Crippen MR) is 62.9 cm³/mol. The van der Waals surface area contributed by atoms with Crippen molar-refractivity contribution in [2.75, 3.05) is 0 Å². The van der Waals surface area contributed by atoms with Gasteiger partial charge in [-0.25, -0.2) is 0 Å². The molecule has 0 saturated heterocycles. The molecule has 0 aliphatic heterocycles. The second kappa shape index (κ2) is 3.82. The molecule has 0 amide bonds. The zero-order chi connectivity index (χ0) is 12.7. The molecule has 1 unspecified atom stereocenters. The highest BCUT2D eigenvalue weighted by Crippen LogP contribution is 2.44. The maximum absolute atomic E-state index is 11.7. The molecule has 0 aromatic carbocycles. The zero-order valence-electron chi connectivity index (χ0n) is 10.4. The number of Topliss-reactive ketones (excluding diaryl/α,β-unsaturated/α-hetero) is 1. The molecular formula is C13H20O3. The van der Waals surface area contributed by atoms with Gasteiger partial charge in [0.15, 0.2) is 5.78 Å². The Labute approximate surface area is 96.5 Å². The normalized spacial score (nSPS) is 28.9. The summed E-state index contributed by atoms with van der Waals surface area (Å²) < 4.78 is 0. The molecule has 1 aliphatic rings. The largest absolute Gasteiger partial charge is 0.385 e. The Morgan fingerprint density at radius 3 is 2.50 bits per heavy atom. The number of aliphatic hydroxyl groups excluding tert-OH is 1. The third kappa shape index (κ3) is 1.97. The van der Waals surface area contributed by atoms with E-state index in [1.807, 2.05) is 13.8 Å². The lowest BCUT2D eigenvalue weighted by molar-refractivity contribution is -0.126. The molecule has 90 valence electrons. The van der Waals surface area contributed by atoms with Gasteiger partial charge in [0.25, 0.3) is 0 Å². The summed E-state index contributed by atoms with van der Waals surface area (Å²) in [6, 6.07) is 0. The van der Waals surface area contributed by atoms with Crippen molar-refractivity contribution >= 4 is 5.78 Å². The van der Waals surface area contributed by atoms with E-state index in [-0.39, 0.29) is 5.78 Å². The molecule has 0 fully saturated rings. The van der Waals surface area contributed by atoms with Crippen molar-refractivity contribution in [2.24, 2.45) is 5.41 Å². The van der Waals surface area contributed by atoms with Gasteiger partial charge in [0.05, 0.1) is 0 Å². The number of rotatable bonds is 2. The van der Waals surface area contributed by atoms with E-state index in [1.54, 1.807) is 13.8 Å². The van der Waals surface area contributed by atoms with Crippen molar-refractivity contribution in [1.29, 1.82) is 0 Å². The first kappa shape index (κ1) is 13.1. The Bertz CT molecular complexity index is 361. The van der Waals surface area contributed by atoms with Gasteiger partial charge in [-0.1, -0.05) is 26.5 Å². The topological polar surface area (TPSA) is 57.5 Å². The van der Waals surface area contributed by atoms with Crippen LogP contribution in [0.25, 0.3) is 0 Å². The van der Waals surface area contributed by atoms with E-state index in [0.717, 1.165) is 0 Å². The summed E-state index contributed by atoms with van der Waals surface area (Å²) in [6.07, 6.45) is 0.806. The van der Waals surface area contributed by atoms with Crippen LogP contribution in [0.3, 0.4) is 0 Å². The molecule has 2 atom stereocenters. The number of hydrogen-bond acceptors (Lipinski definition) is 3. The van der Waals surface area contributed by atoms with Crippen LogP contribution in [0.15, 0.2) is 23.8 Å². The third-order valence-electron chi connectivity index (χ3n) is 3.33. The molecule has 16 heavy (non-hydrogen) atoms. The van der Waals surface area contributed by atoms with Crippen molar-refractivity contribution in [3.8, 4) is 0 Å². The molecule has 0 heterocycles. The molecule has 0 spiro atoms. The first-order chi connectivity index (χ1) is 7.13. The second-order valence-corrected chi connectivity index (χ2v) is 5.32. The summed E-state index contributed by atoms with van der Waals surface area (Å²) in [6.45, 7) is 10.7. The highest BCUT2D eigenvalue weighted by atomic mass is 16.3. The van der Waals surface area contributed by atoms with Gasteiger partial charge in [0, 0.05) is 0 Å². The zero-order valence-corrected chi connectivity index (χ0v) is 10.4. The quantitative estimate of drug-likeness (QED) is 0.700. The lowest BCUT2D eigenvalue weighted by Gasteiger charge is -2.41. The predicted octanol–water partition coefficient (Wildman–Crippen LogP) is 1.60. The van der Waals surface area contributed by atoms with E-state index >= 15 is 0 Å². The summed E-state index contributed by atoms with van der Waals surface area (Å²) in [5.41, 5.74) is -0.502. The average molecular weight is 224 g/mol. The van der Waals surface area contributed by atoms with Crippen LogP contribution in [-0.2, 0) is 4.79 Å². The highest BCUT2D eigenvalue weighted by Gasteiger charge is 2.44. The van der Waals surface area contributed by atoms with Crippen LogP contribution in [0, 0.1) is 5.41 Å². The Hall–Kier alpha value is -0.930. The standard InChI is InChI=1S/C13H20O3/c1-6-13(5,16)11-8(2)10(15)9(14)7-12(11,3)4/h6,9,14,16H,1,7H2,2-5H3/t9-,13?/m0/s1. The van der Waals surface area contributed by atoms with Gasteiger partial charge in [-0.15, -0.1) is 0 Å². The van der Waals surface area contributed by atoms with Gasteiger partial charge in [0.2, 0.25) is 0 Å². The van der Waals surface area contributed by atoms with E-state index in [2.05, 4.69) is 6.58 Å². The molecule has 0 bridgehead atoms. The SMILES string of the molecule is C=CC(C)(O)C1=C(C)C(=O)[C@@H](O)CC1(C)C. The summed E-state index contributed by atoms with van der Waals surface area (Å²) in [5.74, 6) is -0.295. The Kier molecular flexibility index (Phi) is 3.14. The molecule has 2 N–H and O–H groups in total. The van der Waals surface area contributed by atoms with Gasteiger partial charge < -0.3 is 10.2 Å². The van der Waals surface area contributed by atoms with E-state index in [1.165, 1.54) is 6.08 Å². The average Bonchev–Trinajstić information content (AvgIpc) is 2.13. The summed E-state index contributed by atoms with van der Waals surface area (Å²) >= 11 is 0. The van der Waals surface area contributed by atoms with Crippen molar-refractivity contribution in [3.05, 3.63) is 23.8 Å². The Morgan fingerprint density at radius 1 is 1.56 bits per heavy atom. The Balaban J connectivity index is 3.41. The summed E-state index contributed by atoms with van der Waals surface area (Å²) in [4.78, 5) is 11.7. The van der Waals surface area contributed by atoms with Crippen LogP contribution in [0.5, 0.6) is 0 Å². The van der Waals surface area contributed by atoms with Crippen molar-refractivity contribution in [2.45, 2.75) is 45.8 Å². The van der Waals surface area contributed by atoms with Gasteiger partial charge >= 0.3 is 0 Å². The van der Waals surface area contributed by atoms with Crippen LogP contribution in [-0.4, -0.2) is 27.7 Å². The molecule has 0 aromatic rings. The molecule has 0 aromatic heterocycles. The molecule has 1 aliphatic carbocycles. The van der Waals surface area contributed by atoms with E-state index in [0.29, 0.717) is 17.6 Å². The Morgan fingerprint density at radius 2 is 2.06 bits per heavy atom. The van der Waals surface area contributed by atoms with E-state index in [9.17, 15) is 15.0 Å². The maximum atomic E-state index is 11.7. The molecule has 0 saturated carbocycles. The van der Waals surface area contributed by atoms with Crippen LogP contribution < -0.4 is 0 Å². The molecule has 3 nitrogen and oxygen atoms in total. The first-order valence-corrected chi connectivity index (χ1v) is 5.43. The smallest absolute Gasteiger partial charge is 0.187 e. The lowest BCUT2D eigenvalue weighted by atomic mass is 9.65. The van der Waals surface area contributed by atoms with E-state index in [4.69, 9.17) is 0 Å². The van der Waals surface area contributed by atoms with Crippen LogP contribution in [0.2, 0.25) is 0 Å². The second-order valence-electron chi connectivity index (χ2n) is 5.32. The van der Waals surface area contributed by atoms with Gasteiger partial charge in [-0.2, -0.15) is 0 Å². The molecule has 1 rings (SSSR count). The first-order valence-electron chi connectivity index (χ1n) is 5.43. The minimum atomic E-state index is -1.20. The number of carbonyl (C=O) groups is 1. The summed E-state index contributed by atoms with van der Waals surface area (Å²) in [5, 5.41) is 19.9. The third-order valence-corrected chi connectivity index (χ3v) is 3.33. The summed E-state index contributed by atoms with van der Waals surface area (Å²) in [7, 11) is 0. The monoisotopic (exact) mass is 224 g/mol. The fraction of sp³-hybridized carbons (Fsp3) is 0.615. The van der Waals surface area contributed by atoms with Crippen LogP contribution >= 0.6 is 0 Å². The van der Waals surface area contributed by atoms with Crippen molar-refractivity contribution in [1.82, 2.24) is 0 Å². The number of carbonyl (C=O) groups excluding carboxylic acids is 1. The van der Waals surface area contributed by atoms with Crippen molar-refractivity contribution < 1.29 is 15.0 Å². The fourth-order valence-corrected chi connectivity index (χ4v) is 2.73. The maximum Gasteiger partial charge on any atom is 0.187 e. The van der Waals surface area contributed by atoms with Crippen LogP contribution in [0.4, 0.5) is 0 Å². The lowest BCUT2D eigenvalue weighted by Crippen LogP contribution is -2.43. The van der Waals surface area contributed by atoms with Crippen molar-refractivity contribution in [3.63, 3.8) is 0 Å². The molecule has 0 radical (unpaired) electrons. The van der Waals surface area contributed by atoms with Crippen LogP contribution in [0.1, 0.15) is 34.1 Å². The van der Waals surface area contributed by atoms with E-state index < -0.39 is 17.1 Å². The number of ketones is 1. The van der Waals surface area contributed by atoms with Gasteiger partial charge in [0.1, 0.15) is 11.7 Å². The fourth-order valence-electron chi connectivity index (χ4n) is 2.73. The molecular weight excluding hydrogens is 204 g/mol. The minimum absolute atomic E-state index is 0.295. The minimum Gasteiger partial charge on any atom is -0.385 e.